The number of carbonyl (C=O) groups excluding carboxylic acids is 1. The summed E-state index contributed by atoms with van der Waals surface area (Å²) in [4.78, 5) is 12.2. The minimum Gasteiger partial charge on any atom is -0.352 e. The number of allylic oxidation sites excluding steroid dienone is 2. The molecule has 0 unspecified atom stereocenters. The van der Waals surface area contributed by atoms with Crippen molar-refractivity contribution in [1.82, 2.24) is 10.0 Å². The Bertz CT molecular complexity index is 638. The lowest BCUT2D eigenvalue weighted by molar-refractivity contribution is -0.125. The Morgan fingerprint density at radius 3 is 2.81 bits per heavy atom. The SMILES string of the molecule is CNS(=O)(=O)c1cccc(CNC(=O)[C@H]2CC=CCC2)c1. The van der Waals surface area contributed by atoms with Gasteiger partial charge < -0.3 is 5.32 Å². The zero-order chi connectivity index (χ0) is 15.3. The number of hydrogen-bond donors (Lipinski definition) is 2. The standard InChI is InChI=1S/C15H20N2O3S/c1-16-21(19,20)14-9-5-6-12(10-14)11-17-15(18)13-7-3-2-4-8-13/h2-3,5-6,9-10,13,16H,4,7-8,11H2,1H3,(H,17,18)/t13-/m0/s1. The summed E-state index contributed by atoms with van der Waals surface area (Å²) >= 11 is 0. The molecule has 2 N–H and O–H groups in total. The number of carbonyl (C=O) groups is 1. The first kappa shape index (κ1) is 15.7. The summed E-state index contributed by atoms with van der Waals surface area (Å²) in [7, 11) is -2.08. The van der Waals surface area contributed by atoms with E-state index in [4.69, 9.17) is 0 Å². The minimum absolute atomic E-state index is 0.0271. The van der Waals surface area contributed by atoms with Gasteiger partial charge in [-0.1, -0.05) is 24.3 Å². The number of benzene rings is 1. The summed E-state index contributed by atoms with van der Waals surface area (Å²) in [5.41, 5.74) is 0.769. The Labute approximate surface area is 125 Å². The second kappa shape index (κ2) is 6.87. The Morgan fingerprint density at radius 2 is 2.14 bits per heavy atom. The van der Waals surface area contributed by atoms with Crippen LogP contribution in [0.25, 0.3) is 0 Å². The van der Waals surface area contributed by atoms with E-state index in [0.717, 1.165) is 24.8 Å². The van der Waals surface area contributed by atoms with Crippen molar-refractivity contribution in [3.63, 3.8) is 0 Å². The first-order chi connectivity index (χ1) is 10.0. The molecule has 1 amide bonds. The summed E-state index contributed by atoms with van der Waals surface area (Å²) in [6.45, 7) is 0.339. The Morgan fingerprint density at radius 1 is 1.33 bits per heavy atom. The van der Waals surface area contributed by atoms with E-state index >= 15 is 0 Å². The van der Waals surface area contributed by atoms with Gasteiger partial charge in [-0.3, -0.25) is 4.79 Å². The van der Waals surface area contributed by atoms with Crippen LogP contribution in [0.4, 0.5) is 0 Å². The van der Waals surface area contributed by atoms with Crippen LogP contribution in [0.2, 0.25) is 0 Å². The molecule has 1 atom stereocenters. The third-order valence-electron chi connectivity index (χ3n) is 3.58. The van der Waals surface area contributed by atoms with Crippen LogP contribution in [0.1, 0.15) is 24.8 Å². The molecule has 21 heavy (non-hydrogen) atoms. The van der Waals surface area contributed by atoms with E-state index < -0.39 is 10.0 Å². The van der Waals surface area contributed by atoms with Crippen LogP contribution in [0.3, 0.4) is 0 Å². The highest BCUT2D eigenvalue weighted by atomic mass is 32.2. The fourth-order valence-electron chi connectivity index (χ4n) is 2.31. The van der Waals surface area contributed by atoms with E-state index in [1.54, 1.807) is 18.2 Å². The molecule has 6 heteroatoms. The maximum absolute atomic E-state index is 12.0. The van der Waals surface area contributed by atoms with Crippen molar-refractivity contribution in [3.8, 4) is 0 Å². The van der Waals surface area contributed by atoms with Crippen molar-refractivity contribution in [2.24, 2.45) is 5.92 Å². The van der Waals surface area contributed by atoms with Crippen molar-refractivity contribution in [2.75, 3.05) is 7.05 Å². The number of sulfonamides is 1. The first-order valence-electron chi connectivity index (χ1n) is 6.98. The molecule has 1 aliphatic carbocycles. The number of hydrogen-bond acceptors (Lipinski definition) is 3. The summed E-state index contributed by atoms with van der Waals surface area (Å²) in [6, 6.07) is 6.58. The van der Waals surface area contributed by atoms with E-state index in [9.17, 15) is 13.2 Å². The van der Waals surface area contributed by atoms with Gasteiger partial charge in [0.15, 0.2) is 0 Å². The van der Waals surface area contributed by atoms with Gasteiger partial charge >= 0.3 is 0 Å². The van der Waals surface area contributed by atoms with Gasteiger partial charge in [0.1, 0.15) is 0 Å². The molecule has 1 aromatic carbocycles. The second-order valence-corrected chi connectivity index (χ2v) is 6.94. The molecule has 0 saturated carbocycles. The lowest BCUT2D eigenvalue weighted by atomic mass is 9.93. The Balaban J connectivity index is 1.99. The highest BCUT2D eigenvalue weighted by Crippen LogP contribution is 2.18. The van der Waals surface area contributed by atoms with Crippen molar-refractivity contribution < 1.29 is 13.2 Å². The lowest BCUT2D eigenvalue weighted by Crippen LogP contribution is -2.30. The second-order valence-electron chi connectivity index (χ2n) is 5.05. The summed E-state index contributed by atoms with van der Waals surface area (Å²) < 4.78 is 25.7. The maximum Gasteiger partial charge on any atom is 0.240 e. The molecule has 0 fully saturated rings. The van der Waals surface area contributed by atoms with Gasteiger partial charge in [0.2, 0.25) is 15.9 Å². The van der Waals surface area contributed by atoms with Crippen LogP contribution in [0.5, 0.6) is 0 Å². The van der Waals surface area contributed by atoms with E-state index in [-0.39, 0.29) is 16.7 Å². The smallest absolute Gasteiger partial charge is 0.240 e. The topological polar surface area (TPSA) is 75.3 Å². The average Bonchev–Trinajstić information content (AvgIpc) is 2.53. The van der Waals surface area contributed by atoms with Crippen LogP contribution >= 0.6 is 0 Å². The third-order valence-corrected chi connectivity index (χ3v) is 5.00. The van der Waals surface area contributed by atoms with Gasteiger partial charge in [0.05, 0.1) is 4.90 Å². The minimum atomic E-state index is -3.45. The largest absolute Gasteiger partial charge is 0.352 e. The van der Waals surface area contributed by atoms with Crippen molar-refractivity contribution in [3.05, 3.63) is 42.0 Å². The van der Waals surface area contributed by atoms with Gasteiger partial charge in [-0.2, -0.15) is 0 Å². The summed E-state index contributed by atoms with van der Waals surface area (Å²) in [5.74, 6) is 0.0560. The van der Waals surface area contributed by atoms with Gasteiger partial charge in [-0.05, 0) is 44.0 Å². The van der Waals surface area contributed by atoms with Crippen molar-refractivity contribution in [1.29, 1.82) is 0 Å². The molecule has 1 aliphatic rings. The molecular formula is C15H20N2O3S. The Hall–Kier alpha value is -1.66. The van der Waals surface area contributed by atoms with E-state index in [1.165, 1.54) is 13.1 Å². The fourth-order valence-corrected chi connectivity index (χ4v) is 3.11. The molecule has 2 rings (SSSR count). The number of rotatable bonds is 5. The molecule has 0 bridgehead atoms. The van der Waals surface area contributed by atoms with Gasteiger partial charge in [-0.25, -0.2) is 13.1 Å². The predicted molar refractivity (Wildman–Crippen MR) is 81.0 cm³/mol. The monoisotopic (exact) mass is 308 g/mol. The van der Waals surface area contributed by atoms with Crippen LogP contribution in [0.15, 0.2) is 41.3 Å². The molecular weight excluding hydrogens is 288 g/mol. The Kier molecular flexibility index (Phi) is 5.14. The quantitative estimate of drug-likeness (QED) is 0.811. The molecule has 0 heterocycles. The highest BCUT2D eigenvalue weighted by molar-refractivity contribution is 7.89. The molecule has 1 aromatic rings. The maximum atomic E-state index is 12.0. The number of nitrogens with one attached hydrogen (secondary N) is 2. The van der Waals surface area contributed by atoms with Crippen LogP contribution in [-0.2, 0) is 21.4 Å². The lowest BCUT2D eigenvalue weighted by Gasteiger charge is -2.17. The molecule has 114 valence electrons. The first-order valence-corrected chi connectivity index (χ1v) is 8.46. The fraction of sp³-hybridized carbons (Fsp3) is 0.400. The molecule has 0 spiro atoms. The molecule has 0 saturated heterocycles. The van der Waals surface area contributed by atoms with Crippen LogP contribution in [-0.4, -0.2) is 21.4 Å². The summed E-state index contributed by atoms with van der Waals surface area (Å²) in [6.07, 6.45) is 6.72. The van der Waals surface area contributed by atoms with Crippen molar-refractivity contribution in [2.45, 2.75) is 30.7 Å². The van der Waals surface area contributed by atoms with Gasteiger partial charge in [-0.15, -0.1) is 0 Å². The third kappa shape index (κ3) is 4.15. The zero-order valence-electron chi connectivity index (χ0n) is 12.0. The van der Waals surface area contributed by atoms with E-state index in [2.05, 4.69) is 16.1 Å². The summed E-state index contributed by atoms with van der Waals surface area (Å²) in [5, 5.41) is 2.88. The van der Waals surface area contributed by atoms with Gasteiger partial charge in [0.25, 0.3) is 0 Å². The molecule has 0 aromatic heterocycles. The molecule has 0 radical (unpaired) electrons. The van der Waals surface area contributed by atoms with Gasteiger partial charge in [0, 0.05) is 12.5 Å². The van der Waals surface area contributed by atoms with Crippen molar-refractivity contribution >= 4 is 15.9 Å². The normalized spacial score (nSPS) is 18.4. The highest BCUT2D eigenvalue weighted by Gasteiger charge is 2.18. The van der Waals surface area contributed by atoms with E-state index in [1.807, 2.05) is 6.08 Å². The van der Waals surface area contributed by atoms with Crippen LogP contribution in [0, 0.1) is 5.92 Å². The molecule has 5 nitrogen and oxygen atoms in total. The van der Waals surface area contributed by atoms with Crippen LogP contribution < -0.4 is 10.0 Å². The zero-order valence-corrected chi connectivity index (χ0v) is 12.8. The van der Waals surface area contributed by atoms with E-state index in [0.29, 0.717) is 6.54 Å². The average molecular weight is 308 g/mol. The number of amides is 1. The predicted octanol–water partition coefficient (Wildman–Crippen LogP) is 1.57. The molecule has 0 aliphatic heterocycles.